The number of furan rings is 1. The first-order valence-electron chi connectivity index (χ1n) is 8.14. The fourth-order valence-corrected chi connectivity index (χ4v) is 3.46. The number of fused-ring (bicyclic) bond motifs is 1. The molecule has 2 aromatic heterocycles. The molecule has 4 rings (SSSR count). The highest BCUT2D eigenvalue weighted by Crippen LogP contribution is 2.30. The summed E-state index contributed by atoms with van der Waals surface area (Å²) in [6.07, 6.45) is 3.81. The van der Waals surface area contributed by atoms with E-state index in [1.54, 1.807) is 0 Å². The van der Waals surface area contributed by atoms with Gasteiger partial charge >= 0.3 is 0 Å². The first-order valence-corrected chi connectivity index (χ1v) is 8.14. The molecular formula is C19H22ClN3O. The van der Waals surface area contributed by atoms with E-state index in [9.17, 15) is 0 Å². The van der Waals surface area contributed by atoms with Gasteiger partial charge in [-0.15, -0.1) is 12.4 Å². The first kappa shape index (κ1) is 17.0. The Bertz CT molecular complexity index is 803. The lowest BCUT2D eigenvalue weighted by Gasteiger charge is -2.36. The van der Waals surface area contributed by atoms with E-state index in [0.717, 1.165) is 37.5 Å². The van der Waals surface area contributed by atoms with Crippen LogP contribution in [0.25, 0.3) is 11.0 Å². The summed E-state index contributed by atoms with van der Waals surface area (Å²) >= 11 is 0. The number of halogens is 1. The maximum Gasteiger partial charge on any atom is 0.134 e. The molecule has 0 amide bonds. The summed E-state index contributed by atoms with van der Waals surface area (Å²) in [6.45, 7) is 5.98. The first-order chi connectivity index (χ1) is 11.3. The molecule has 5 heteroatoms. The number of nitrogens with one attached hydrogen (secondary N) is 1. The number of aromatic nitrogens is 1. The normalized spacial score (nSPS) is 18.5. The Morgan fingerprint density at radius 3 is 2.96 bits per heavy atom. The van der Waals surface area contributed by atoms with Gasteiger partial charge in [0.05, 0.1) is 0 Å². The van der Waals surface area contributed by atoms with Crippen LogP contribution < -0.4 is 5.32 Å². The zero-order valence-corrected chi connectivity index (χ0v) is 14.6. The zero-order chi connectivity index (χ0) is 15.6. The summed E-state index contributed by atoms with van der Waals surface area (Å²) in [5.41, 5.74) is 3.55. The standard InChI is InChI=1S/C19H21N3O.ClH/c1-14-17(16-6-2-3-7-19(16)23-14)13-22-10-9-21-12-18(22)15-5-4-8-20-11-15;/h2-8,11,18,21H,9-10,12-13H2,1H3;1H. The Morgan fingerprint density at radius 2 is 2.12 bits per heavy atom. The molecule has 0 saturated carbocycles. The molecule has 1 saturated heterocycles. The maximum atomic E-state index is 5.93. The third-order valence-corrected chi connectivity index (χ3v) is 4.68. The molecule has 24 heavy (non-hydrogen) atoms. The second kappa shape index (κ2) is 7.34. The topological polar surface area (TPSA) is 41.3 Å². The summed E-state index contributed by atoms with van der Waals surface area (Å²) in [4.78, 5) is 6.81. The highest BCUT2D eigenvalue weighted by atomic mass is 35.5. The Hall–Kier alpha value is -1.88. The van der Waals surface area contributed by atoms with E-state index in [-0.39, 0.29) is 12.4 Å². The molecule has 1 fully saturated rings. The highest BCUT2D eigenvalue weighted by Gasteiger charge is 2.25. The van der Waals surface area contributed by atoms with Crippen LogP contribution in [0.1, 0.15) is 22.9 Å². The van der Waals surface area contributed by atoms with Gasteiger partial charge < -0.3 is 9.73 Å². The van der Waals surface area contributed by atoms with E-state index < -0.39 is 0 Å². The average molecular weight is 344 g/mol. The van der Waals surface area contributed by atoms with Crippen molar-refractivity contribution in [1.29, 1.82) is 0 Å². The van der Waals surface area contributed by atoms with Crippen molar-refractivity contribution < 1.29 is 4.42 Å². The SMILES string of the molecule is Cc1oc2ccccc2c1CN1CCNCC1c1cccnc1.Cl. The predicted molar refractivity (Wildman–Crippen MR) is 98.5 cm³/mol. The van der Waals surface area contributed by atoms with E-state index in [4.69, 9.17) is 4.42 Å². The average Bonchev–Trinajstić information content (AvgIpc) is 2.92. The molecule has 1 aliphatic rings. The fourth-order valence-electron chi connectivity index (χ4n) is 3.46. The van der Waals surface area contributed by atoms with Crippen molar-refractivity contribution in [3.05, 3.63) is 65.7 Å². The number of aryl methyl sites for hydroxylation is 1. The van der Waals surface area contributed by atoms with Crippen molar-refractivity contribution >= 4 is 23.4 Å². The molecule has 0 spiro atoms. The van der Waals surface area contributed by atoms with Crippen LogP contribution in [0.2, 0.25) is 0 Å². The van der Waals surface area contributed by atoms with Crippen LogP contribution >= 0.6 is 12.4 Å². The quantitative estimate of drug-likeness (QED) is 0.787. The van der Waals surface area contributed by atoms with Gasteiger partial charge in [0.25, 0.3) is 0 Å². The molecule has 1 atom stereocenters. The monoisotopic (exact) mass is 343 g/mol. The van der Waals surface area contributed by atoms with Crippen molar-refractivity contribution in [2.24, 2.45) is 0 Å². The Morgan fingerprint density at radius 1 is 1.25 bits per heavy atom. The highest BCUT2D eigenvalue weighted by molar-refractivity contribution is 5.85. The van der Waals surface area contributed by atoms with Crippen molar-refractivity contribution in [3.63, 3.8) is 0 Å². The summed E-state index contributed by atoms with van der Waals surface area (Å²) in [5.74, 6) is 1.02. The van der Waals surface area contributed by atoms with Gasteiger partial charge in [-0.1, -0.05) is 24.3 Å². The molecule has 1 N–H and O–H groups in total. The molecule has 1 aliphatic heterocycles. The lowest BCUT2D eigenvalue weighted by molar-refractivity contribution is 0.153. The summed E-state index contributed by atoms with van der Waals surface area (Å²) in [6, 6.07) is 12.8. The Labute approximate surface area is 148 Å². The van der Waals surface area contributed by atoms with E-state index >= 15 is 0 Å². The van der Waals surface area contributed by atoms with Crippen LogP contribution in [0.3, 0.4) is 0 Å². The molecule has 3 heterocycles. The number of nitrogens with zero attached hydrogens (tertiary/aromatic N) is 2. The lowest BCUT2D eigenvalue weighted by atomic mass is 10.0. The van der Waals surface area contributed by atoms with Gasteiger partial charge in [0, 0.05) is 55.6 Å². The second-order valence-corrected chi connectivity index (χ2v) is 6.11. The van der Waals surface area contributed by atoms with Crippen molar-refractivity contribution in [2.75, 3.05) is 19.6 Å². The van der Waals surface area contributed by atoms with E-state index in [0.29, 0.717) is 6.04 Å². The van der Waals surface area contributed by atoms with Crippen LogP contribution in [-0.4, -0.2) is 29.5 Å². The smallest absolute Gasteiger partial charge is 0.134 e. The summed E-state index contributed by atoms with van der Waals surface area (Å²) in [7, 11) is 0. The van der Waals surface area contributed by atoms with Gasteiger partial charge in [0.1, 0.15) is 11.3 Å². The second-order valence-electron chi connectivity index (χ2n) is 6.11. The molecule has 0 radical (unpaired) electrons. The van der Waals surface area contributed by atoms with Gasteiger partial charge in [-0.05, 0) is 24.6 Å². The summed E-state index contributed by atoms with van der Waals surface area (Å²) < 4.78 is 5.93. The number of benzene rings is 1. The molecule has 3 aromatic rings. The Kier molecular flexibility index (Phi) is 5.19. The molecule has 126 valence electrons. The zero-order valence-electron chi connectivity index (χ0n) is 13.7. The molecular weight excluding hydrogens is 322 g/mol. The van der Waals surface area contributed by atoms with Gasteiger partial charge in [-0.25, -0.2) is 0 Å². The maximum absolute atomic E-state index is 5.93. The van der Waals surface area contributed by atoms with Crippen LogP contribution in [-0.2, 0) is 6.54 Å². The largest absolute Gasteiger partial charge is 0.461 e. The van der Waals surface area contributed by atoms with Crippen LogP contribution in [0.15, 0.2) is 53.2 Å². The van der Waals surface area contributed by atoms with E-state index in [2.05, 4.69) is 40.3 Å². The minimum Gasteiger partial charge on any atom is -0.461 e. The third-order valence-electron chi connectivity index (χ3n) is 4.68. The fraction of sp³-hybridized carbons (Fsp3) is 0.316. The van der Waals surface area contributed by atoms with Gasteiger partial charge in [-0.2, -0.15) is 0 Å². The van der Waals surface area contributed by atoms with Crippen molar-refractivity contribution in [2.45, 2.75) is 19.5 Å². The molecule has 1 aromatic carbocycles. The van der Waals surface area contributed by atoms with Crippen LogP contribution in [0, 0.1) is 6.92 Å². The number of hydrogen-bond donors (Lipinski definition) is 1. The Balaban J connectivity index is 0.00000169. The minimum absolute atomic E-state index is 0. The predicted octanol–water partition coefficient (Wildman–Crippen LogP) is 3.70. The molecule has 1 unspecified atom stereocenters. The summed E-state index contributed by atoms with van der Waals surface area (Å²) in [5, 5.41) is 4.73. The number of pyridine rings is 1. The van der Waals surface area contributed by atoms with E-state index in [1.807, 2.05) is 30.6 Å². The minimum atomic E-state index is 0. The molecule has 0 bridgehead atoms. The third kappa shape index (κ3) is 3.18. The van der Waals surface area contributed by atoms with Crippen LogP contribution in [0.4, 0.5) is 0 Å². The lowest BCUT2D eigenvalue weighted by Crippen LogP contribution is -2.45. The van der Waals surface area contributed by atoms with Gasteiger partial charge in [0.2, 0.25) is 0 Å². The van der Waals surface area contributed by atoms with Gasteiger partial charge in [-0.3, -0.25) is 9.88 Å². The number of rotatable bonds is 3. The van der Waals surface area contributed by atoms with Crippen molar-refractivity contribution in [1.82, 2.24) is 15.2 Å². The van der Waals surface area contributed by atoms with Crippen molar-refractivity contribution in [3.8, 4) is 0 Å². The molecule has 4 nitrogen and oxygen atoms in total. The number of para-hydroxylation sites is 1. The van der Waals surface area contributed by atoms with E-state index in [1.165, 1.54) is 16.5 Å². The van der Waals surface area contributed by atoms with Crippen LogP contribution in [0.5, 0.6) is 0 Å². The van der Waals surface area contributed by atoms with Gasteiger partial charge in [0.15, 0.2) is 0 Å². The number of hydrogen-bond acceptors (Lipinski definition) is 4. The molecule has 0 aliphatic carbocycles. The number of piperazine rings is 1.